The highest BCUT2D eigenvalue weighted by molar-refractivity contribution is 5.72. The van der Waals surface area contributed by atoms with Crippen molar-refractivity contribution in [2.75, 3.05) is 0 Å². The van der Waals surface area contributed by atoms with Crippen LogP contribution in [0.2, 0.25) is 0 Å². The third kappa shape index (κ3) is 0.945. The lowest BCUT2D eigenvalue weighted by molar-refractivity contribution is -0.143. The van der Waals surface area contributed by atoms with Gasteiger partial charge in [-0.25, -0.2) is 0 Å². The molecule has 4 unspecified atom stereocenters. The van der Waals surface area contributed by atoms with E-state index >= 15 is 0 Å². The van der Waals surface area contributed by atoms with Crippen molar-refractivity contribution in [3.05, 3.63) is 0 Å². The molecule has 4 atom stereocenters. The summed E-state index contributed by atoms with van der Waals surface area (Å²) in [4.78, 5) is 11.2. The van der Waals surface area contributed by atoms with Crippen LogP contribution in [-0.2, 0) is 4.79 Å². The molecule has 0 heterocycles. The molecule has 78 valence electrons. The third-order valence-electron chi connectivity index (χ3n) is 5.04. The average molecular weight is 194 g/mol. The largest absolute Gasteiger partial charge is 0.481 e. The van der Waals surface area contributed by atoms with E-state index in [9.17, 15) is 9.90 Å². The minimum Gasteiger partial charge on any atom is -0.481 e. The first-order chi connectivity index (χ1) is 6.68. The van der Waals surface area contributed by atoms with Crippen LogP contribution in [0.4, 0.5) is 0 Å². The summed E-state index contributed by atoms with van der Waals surface area (Å²) in [5.74, 6) is 2.97. The van der Waals surface area contributed by atoms with E-state index in [4.69, 9.17) is 0 Å². The van der Waals surface area contributed by atoms with Gasteiger partial charge < -0.3 is 5.11 Å². The van der Waals surface area contributed by atoms with Crippen molar-refractivity contribution in [1.82, 2.24) is 0 Å². The third-order valence-corrected chi connectivity index (χ3v) is 5.04. The van der Waals surface area contributed by atoms with E-state index in [-0.39, 0.29) is 5.92 Å². The smallest absolute Gasteiger partial charge is 0.307 e. The van der Waals surface area contributed by atoms with Crippen LogP contribution in [0.15, 0.2) is 0 Å². The number of hydrogen-bond acceptors (Lipinski definition) is 1. The van der Waals surface area contributed by atoms with E-state index in [0.717, 1.165) is 17.8 Å². The number of aliphatic carboxylic acids is 1. The Labute approximate surface area is 84.7 Å². The number of carbonyl (C=O) groups is 1. The van der Waals surface area contributed by atoms with Gasteiger partial charge in [-0.2, -0.15) is 0 Å². The fourth-order valence-corrected chi connectivity index (χ4v) is 4.75. The number of rotatable bonds is 1. The van der Waals surface area contributed by atoms with Crippen LogP contribution in [-0.4, -0.2) is 11.1 Å². The zero-order valence-corrected chi connectivity index (χ0v) is 8.65. The average Bonchev–Trinajstić information content (AvgIpc) is 2.69. The first kappa shape index (κ1) is 8.75. The van der Waals surface area contributed by atoms with Gasteiger partial charge in [-0.1, -0.05) is 6.92 Å². The summed E-state index contributed by atoms with van der Waals surface area (Å²) in [7, 11) is 0. The maximum Gasteiger partial charge on any atom is 0.307 e. The highest BCUT2D eigenvalue weighted by Crippen LogP contribution is 2.62. The standard InChI is InChI=1S/C12H18O2/c1-6-4-9-7-2-3-8(10(9)5-6)11(7)12(13)14/h6-11H,2-5H2,1H3,(H,13,14). The Kier molecular flexibility index (Phi) is 1.71. The molecule has 3 saturated carbocycles. The maximum absolute atomic E-state index is 11.2. The number of carboxylic acid groups (broad SMARTS) is 1. The summed E-state index contributed by atoms with van der Waals surface area (Å²) in [6.07, 6.45) is 4.98. The van der Waals surface area contributed by atoms with Crippen molar-refractivity contribution in [3.8, 4) is 0 Å². The van der Waals surface area contributed by atoms with E-state index in [1.165, 1.54) is 25.7 Å². The molecule has 14 heavy (non-hydrogen) atoms. The van der Waals surface area contributed by atoms with Gasteiger partial charge in [-0.3, -0.25) is 4.79 Å². The molecule has 0 aromatic heterocycles. The summed E-state index contributed by atoms with van der Waals surface area (Å²) in [6.45, 7) is 2.33. The molecule has 3 aliphatic carbocycles. The molecule has 3 aliphatic rings. The van der Waals surface area contributed by atoms with Crippen molar-refractivity contribution in [2.24, 2.45) is 35.5 Å². The van der Waals surface area contributed by atoms with Crippen LogP contribution in [0.5, 0.6) is 0 Å². The zero-order valence-electron chi connectivity index (χ0n) is 8.65. The molecule has 0 saturated heterocycles. The predicted molar refractivity (Wildman–Crippen MR) is 52.7 cm³/mol. The van der Waals surface area contributed by atoms with Gasteiger partial charge in [0.25, 0.3) is 0 Å². The number of hydrogen-bond donors (Lipinski definition) is 1. The van der Waals surface area contributed by atoms with Crippen LogP contribution in [0, 0.1) is 35.5 Å². The normalized spacial score (nSPS) is 54.9. The van der Waals surface area contributed by atoms with Crippen molar-refractivity contribution in [3.63, 3.8) is 0 Å². The van der Waals surface area contributed by atoms with E-state index in [2.05, 4.69) is 6.92 Å². The van der Waals surface area contributed by atoms with Gasteiger partial charge in [-0.05, 0) is 55.3 Å². The topological polar surface area (TPSA) is 37.3 Å². The van der Waals surface area contributed by atoms with Gasteiger partial charge in [-0.15, -0.1) is 0 Å². The lowest BCUT2D eigenvalue weighted by Gasteiger charge is -2.23. The van der Waals surface area contributed by atoms with E-state index in [0.29, 0.717) is 11.8 Å². The fraction of sp³-hybridized carbons (Fsp3) is 0.917. The second kappa shape index (κ2) is 2.74. The zero-order chi connectivity index (χ0) is 9.87. The molecule has 3 rings (SSSR count). The van der Waals surface area contributed by atoms with Crippen molar-refractivity contribution >= 4 is 5.97 Å². The van der Waals surface area contributed by atoms with Gasteiger partial charge >= 0.3 is 5.97 Å². The SMILES string of the molecule is CC1CC2C(C1)C1CCC2C1C(=O)O. The van der Waals surface area contributed by atoms with Crippen LogP contribution < -0.4 is 0 Å². The first-order valence-corrected chi connectivity index (χ1v) is 5.91. The van der Waals surface area contributed by atoms with Crippen LogP contribution in [0.1, 0.15) is 32.6 Å². The predicted octanol–water partition coefficient (Wildman–Crippen LogP) is 2.39. The monoisotopic (exact) mass is 194 g/mol. The molecule has 2 heteroatoms. The number of carboxylic acids is 1. The minimum atomic E-state index is -0.514. The highest BCUT2D eigenvalue weighted by atomic mass is 16.4. The molecule has 0 aromatic rings. The van der Waals surface area contributed by atoms with Gasteiger partial charge in [0.15, 0.2) is 0 Å². The Bertz CT molecular complexity index is 253. The van der Waals surface area contributed by atoms with Gasteiger partial charge in [0.1, 0.15) is 0 Å². The van der Waals surface area contributed by atoms with Crippen molar-refractivity contribution in [2.45, 2.75) is 32.6 Å². The van der Waals surface area contributed by atoms with E-state index in [1.807, 2.05) is 0 Å². The molecule has 2 bridgehead atoms. The number of fused-ring (bicyclic) bond motifs is 5. The lowest BCUT2D eigenvalue weighted by atomic mass is 9.82. The Morgan fingerprint density at radius 3 is 2.00 bits per heavy atom. The molecule has 0 amide bonds. The second-order valence-electron chi connectivity index (χ2n) is 5.67. The van der Waals surface area contributed by atoms with Crippen molar-refractivity contribution in [1.29, 1.82) is 0 Å². The van der Waals surface area contributed by atoms with Gasteiger partial charge in [0.05, 0.1) is 5.92 Å². The highest BCUT2D eigenvalue weighted by Gasteiger charge is 2.59. The summed E-state index contributed by atoms with van der Waals surface area (Å²) in [5.41, 5.74) is 0. The molecule has 2 nitrogen and oxygen atoms in total. The lowest BCUT2D eigenvalue weighted by Crippen LogP contribution is -2.20. The maximum atomic E-state index is 11.2. The summed E-state index contributed by atoms with van der Waals surface area (Å²) >= 11 is 0. The Hall–Kier alpha value is -0.530. The quantitative estimate of drug-likeness (QED) is 0.696. The van der Waals surface area contributed by atoms with Crippen LogP contribution >= 0.6 is 0 Å². The molecule has 0 spiro atoms. The second-order valence-corrected chi connectivity index (χ2v) is 5.67. The molecular formula is C12H18O2. The van der Waals surface area contributed by atoms with Crippen LogP contribution in [0.25, 0.3) is 0 Å². The molecule has 1 N–H and O–H groups in total. The molecule has 0 radical (unpaired) electrons. The van der Waals surface area contributed by atoms with E-state index in [1.54, 1.807) is 0 Å². The van der Waals surface area contributed by atoms with Crippen LogP contribution in [0.3, 0.4) is 0 Å². The Morgan fingerprint density at radius 2 is 1.57 bits per heavy atom. The fourth-order valence-electron chi connectivity index (χ4n) is 4.75. The summed E-state index contributed by atoms with van der Waals surface area (Å²) in [5, 5.41) is 9.22. The molecule has 0 aliphatic heterocycles. The Morgan fingerprint density at radius 1 is 1.07 bits per heavy atom. The van der Waals surface area contributed by atoms with Gasteiger partial charge in [0, 0.05) is 0 Å². The van der Waals surface area contributed by atoms with Crippen molar-refractivity contribution < 1.29 is 9.90 Å². The minimum absolute atomic E-state index is 0.0255. The summed E-state index contributed by atoms with van der Waals surface area (Å²) in [6, 6.07) is 0. The van der Waals surface area contributed by atoms with E-state index < -0.39 is 5.97 Å². The Balaban J connectivity index is 1.89. The summed E-state index contributed by atoms with van der Waals surface area (Å²) < 4.78 is 0. The molecule has 0 aromatic carbocycles. The molecular weight excluding hydrogens is 176 g/mol. The first-order valence-electron chi connectivity index (χ1n) is 5.91. The van der Waals surface area contributed by atoms with Gasteiger partial charge in [0.2, 0.25) is 0 Å². The molecule has 3 fully saturated rings.